The first-order chi connectivity index (χ1) is 8.72. The van der Waals surface area contributed by atoms with Crippen molar-refractivity contribution in [3.63, 3.8) is 0 Å². The average Bonchev–Trinajstić information content (AvgIpc) is 2.46. The normalized spacial score (nSPS) is 19.4. The Hall–Kier alpha value is -1.95. The SMILES string of the molecule is CNC(=O)C1CN(C(=O)c2cccnc2)CCO1. The maximum Gasteiger partial charge on any atom is 0.255 e. The second-order valence-corrected chi connectivity index (χ2v) is 3.97. The van der Waals surface area contributed by atoms with Gasteiger partial charge in [0.05, 0.1) is 18.7 Å². The molecule has 1 aliphatic rings. The largest absolute Gasteiger partial charge is 0.365 e. The molecule has 2 rings (SSSR count). The summed E-state index contributed by atoms with van der Waals surface area (Å²) in [6.45, 7) is 1.12. The highest BCUT2D eigenvalue weighted by Gasteiger charge is 2.29. The van der Waals surface area contributed by atoms with Gasteiger partial charge in [-0.25, -0.2) is 0 Å². The fourth-order valence-corrected chi connectivity index (χ4v) is 1.83. The number of nitrogens with one attached hydrogen (secondary N) is 1. The van der Waals surface area contributed by atoms with Gasteiger partial charge in [-0.3, -0.25) is 14.6 Å². The van der Waals surface area contributed by atoms with Gasteiger partial charge in [-0.2, -0.15) is 0 Å². The molecule has 1 unspecified atom stereocenters. The van der Waals surface area contributed by atoms with E-state index in [1.807, 2.05) is 0 Å². The van der Waals surface area contributed by atoms with Crippen molar-refractivity contribution in [2.75, 3.05) is 26.7 Å². The van der Waals surface area contributed by atoms with E-state index < -0.39 is 6.10 Å². The van der Waals surface area contributed by atoms with Crippen LogP contribution < -0.4 is 5.32 Å². The Labute approximate surface area is 105 Å². The molecular formula is C12H15N3O3. The summed E-state index contributed by atoms with van der Waals surface area (Å²) in [6.07, 6.45) is 2.54. The first-order valence-corrected chi connectivity index (χ1v) is 5.75. The van der Waals surface area contributed by atoms with Gasteiger partial charge in [0.25, 0.3) is 11.8 Å². The lowest BCUT2D eigenvalue weighted by molar-refractivity contribution is -0.136. The molecule has 0 radical (unpaired) electrons. The number of hydrogen-bond donors (Lipinski definition) is 1. The zero-order valence-electron chi connectivity index (χ0n) is 10.1. The van der Waals surface area contributed by atoms with Crippen LogP contribution in [-0.2, 0) is 9.53 Å². The van der Waals surface area contributed by atoms with Crippen molar-refractivity contribution >= 4 is 11.8 Å². The Morgan fingerprint density at radius 3 is 3.06 bits per heavy atom. The highest BCUT2D eigenvalue weighted by molar-refractivity contribution is 5.94. The molecule has 1 aliphatic heterocycles. The first kappa shape index (κ1) is 12.5. The van der Waals surface area contributed by atoms with E-state index >= 15 is 0 Å². The molecule has 0 aliphatic carbocycles. The molecule has 0 saturated carbocycles. The van der Waals surface area contributed by atoms with Crippen molar-refractivity contribution < 1.29 is 14.3 Å². The Morgan fingerprint density at radius 1 is 1.56 bits per heavy atom. The van der Waals surface area contributed by atoms with Gasteiger partial charge in [0.15, 0.2) is 6.10 Å². The molecule has 18 heavy (non-hydrogen) atoms. The summed E-state index contributed by atoms with van der Waals surface area (Å²) >= 11 is 0. The van der Waals surface area contributed by atoms with Crippen LogP contribution in [0, 0.1) is 0 Å². The van der Waals surface area contributed by atoms with E-state index in [0.717, 1.165) is 0 Å². The number of carbonyl (C=O) groups is 2. The van der Waals surface area contributed by atoms with Crippen LogP contribution in [0.3, 0.4) is 0 Å². The number of nitrogens with zero attached hydrogens (tertiary/aromatic N) is 2. The summed E-state index contributed by atoms with van der Waals surface area (Å²) in [5.74, 6) is -0.334. The highest BCUT2D eigenvalue weighted by atomic mass is 16.5. The predicted molar refractivity (Wildman–Crippen MR) is 63.9 cm³/mol. The lowest BCUT2D eigenvalue weighted by Gasteiger charge is -2.31. The topological polar surface area (TPSA) is 71.5 Å². The minimum Gasteiger partial charge on any atom is -0.365 e. The standard InChI is InChI=1S/C12H15N3O3/c1-13-11(16)10-8-15(5-6-18-10)12(17)9-3-2-4-14-7-9/h2-4,7,10H,5-6,8H2,1H3,(H,13,16). The molecule has 1 atom stereocenters. The van der Waals surface area contributed by atoms with Gasteiger partial charge in [0.1, 0.15) is 0 Å². The second-order valence-electron chi connectivity index (χ2n) is 3.97. The number of morpholine rings is 1. The summed E-state index contributed by atoms with van der Waals surface area (Å²) in [4.78, 5) is 29.2. The number of pyridine rings is 1. The maximum atomic E-state index is 12.2. The van der Waals surface area contributed by atoms with Crippen molar-refractivity contribution in [1.29, 1.82) is 0 Å². The van der Waals surface area contributed by atoms with Crippen LogP contribution in [0.15, 0.2) is 24.5 Å². The molecule has 1 saturated heterocycles. The summed E-state index contributed by atoms with van der Waals surface area (Å²) in [7, 11) is 1.55. The second kappa shape index (κ2) is 5.59. The fourth-order valence-electron chi connectivity index (χ4n) is 1.83. The number of hydrogen-bond acceptors (Lipinski definition) is 4. The number of ether oxygens (including phenoxy) is 1. The van der Waals surface area contributed by atoms with Gasteiger partial charge in [0, 0.05) is 26.0 Å². The zero-order chi connectivity index (χ0) is 13.0. The van der Waals surface area contributed by atoms with Gasteiger partial charge in [0.2, 0.25) is 0 Å². The van der Waals surface area contributed by atoms with E-state index in [4.69, 9.17) is 4.74 Å². The van der Waals surface area contributed by atoms with Crippen molar-refractivity contribution in [3.05, 3.63) is 30.1 Å². The molecule has 0 aromatic carbocycles. The van der Waals surface area contributed by atoms with Crippen LogP contribution in [0.1, 0.15) is 10.4 Å². The minimum absolute atomic E-state index is 0.125. The number of carbonyl (C=O) groups excluding carboxylic acids is 2. The Kier molecular flexibility index (Phi) is 3.88. The van der Waals surface area contributed by atoms with E-state index in [-0.39, 0.29) is 18.4 Å². The number of rotatable bonds is 2. The summed E-state index contributed by atoms with van der Waals surface area (Å²) < 4.78 is 5.33. The molecular weight excluding hydrogens is 234 g/mol. The van der Waals surface area contributed by atoms with E-state index in [2.05, 4.69) is 10.3 Å². The van der Waals surface area contributed by atoms with E-state index in [9.17, 15) is 9.59 Å². The van der Waals surface area contributed by atoms with Crippen molar-refractivity contribution in [2.45, 2.75) is 6.10 Å². The molecule has 1 aromatic heterocycles. The molecule has 6 heteroatoms. The number of aromatic nitrogens is 1. The quantitative estimate of drug-likeness (QED) is 0.779. The molecule has 6 nitrogen and oxygen atoms in total. The third kappa shape index (κ3) is 2.65. The number of amides is 2. The minimum atomic E-state index is -0.593. The average molecular weight is 249 g/mol. The van der Waals surface area contributed by atoms with Crippen molar-refractivity contribution in [1.82, 2.24) is 15.2 Å². The zero-order valence-corrected chi connectivity index (χ0v) is 10.1. The molecule has 2 heterocycles. The van der Waals surface area contributed by atoms with Gasteiger partial charge in [-0.15, -0.1) is 0 Å². The summed E-state index contributed by atoms with van der Waals surface area (Å²) in [5, 5.41) is 2.52. The Balaban J connectivity index is 2.05. The van der Waals surface area contributed by atoms with Crippen molar-refractivity contribution in [2.24, 2.45) is 0 Å². The smallest absolute Gasteiger partial charge is 0.255 e. The number of likely N-dealkylation sites (N-methyl/N-ethyl adjacent to an activating group) is 1. The van der Waals surface area contributed by atoms with Crippen LogP contribution in [-0.4, -0.2) is 54.5 Å². The highest BCUT2D eigenvalue weighted by Crippen LogP contribution is 2.10. The van der Waals surface area contributed by atoms with Crippen LogP contribution in [0.4, 0.5) is 0 Å². The first-order valence-electron chi connectivity index (χ1n) is 5.75. The van der Waals surface area contributed by atoms with Gasteiger partial charge in [-0.1, -0.05) is 0 Å². The summed E-state index contributed by atoms with van der Waals surface area (Å²) in [6, 6.07) is 3.42. The lowest BCUT2D eigenvalue weighted by Crippen LogP contribution is -2.51. The monoisotopic (exact) mass is 249 g/mol. The molecule has 1 aromatic rings. The van der Waals surface area contributed by atoms with Crippen molar-refractivity contribution in [3.8, 4) is 0 Å². The van der Waals surface area contributed by atoms with Crippen LogP contribution in [0.25, 0.3) is 0 Å². The maximum absolute atomic E-state index is 12.2. The van der Waals surface area contributed by atoms with Crippen LogP contribution in [0.5, 0.6) is 0 Å². The third-order valence-corrected chi connectivity index (χ3v) is 2.80. The third-order valence-electron chi connectivity index (χ3n) is 2.80. The Bertz CT molecular complexity index is 435. The van der Waals surface area contributed by atoms with Gasteiger partial charge in [-0.05, 0) is 12.1 Å². The van der Waals surface area contributed by atoms with E-state index in [1.54, 1.807) is 30.3 Å². The molecule has 2 amide bonds. The molecule has 1 fully saturated rings. The molecule has 0 spiro atoms. The van der Waals surface area contributed by atoms with E-state index in [0.29, 0.717) is 18.7 Å². The summed E-state index contributed by atoms with van der Waals surface area (Å²) in [5.41, 5.74) is 0.523. The molecule has 0 bridgehead atoms. The fraction of sp³-hybridized carbons (Fsp3) is 0.417. The van der Waals surface area contributed by atoms with Gasteiger partial charge >= 0.3 is 0 Å². The lowest BCUT2D eigenvalue weighted by atomic mass is 10.2. The van der Waals surface area contributed by atoms with Gasteiger partial charge < -0.3 is 15.0 Å². The Morgan fingerprint density at radius 2 is 2.39 bits per heavy atom. The van der Waals surface area contributed by atoms with Crippen LogP contribution in [0.2, 0.25) is 0 Å². The molecule has 1 N–H and O–H groups in total. The van der Waals surface area contributed by atoms with Crippen LogP contribution >= 0.6 is 0 Å². The molecule has 96 valence electrons. The van der Waals surface area contributed by atoms with E-state index in [1.165, 1.54) is 6.20 Å². The predicted octanol–water partition coefficient (Wildman–Crippen LogP) is -0.331.